The van der Waals surface area contributed by atoms with Crippen LogP contribution in [0.25, 0.3) is 0 Å². The number of hydrogen-bond acceptors (Lipinski definition) is 5. The molecule has 46 heavy (non-hydrogen) atoms. The molecule has 0 radical (unpaired) electrons. The SMILES string of the molecule is O=C(NCCCN1CCN(Cc2ccccc2)CC1)c1cccc(OC2CCCN(CC(c3ccccc3)c3ccccc3)C2)c1. The number of carbonyl (C=O) groups excluding carboxylic acids is 1. The minimum atomic E-state index is -0.0306. The molecule has 1 amide bonds. The Morgan fingerprint density at radius 3 is 2.09 bits per heavy atom. The molecular weight excluding hydrogens is 568 g/mol. The number of amides is 1. The molecule has 0 spiro atoms. The van der Waals surface area contributed by atoms with Crippen molar-refractivity contribution in [1.82, 2.24) is 20.0 Å². The van der Waals surface area contributed by atoms with Crippen LogP contribution in [-0.4, -0.2) is 85.6 Å². The van der Waals surface area contributed by atoms with Gasteiger partial charge in [0.25, 0.3) is 5.91 Å². The molecule has 2 saturated heterocycles. The van der Waals surface area contributed by atoms with Crippen molar-refractivity contribution < 1.29 is 9.53 Å². The molecule has 1 N–H and O–H groups in total. The molecule has 0 aromatic heterocycles. The lowest BCUT2D eigenvalue weighted by atomic mass is 9.90. The smallest absolute Gasteiger partial charge is 0.251 e. The van der Waals surface area contributed by atoms with Crippen molar-refractivity contribution >= 4 is 5.91 Å². The van der Waals surface area contributed by atoms with E-state index in [1.54, 1.807) is 0 Å². The van der Waals surface area contributed by atoms with E-state index in [4.69, 9.17) is 4.74 Å². The first kappa shape index (κ1) is 32.0. The summed E-state index contributed by atoms with van der Waals surface area (Å²) in [4.78, 5) is 20.6. The minimum Gasteiger partial charge on any atom is -0.489 e. The topological polar surface area (TPSA) is 48.1 Å². The molecule has 6 heteroatoms. The Morgan fingerprint density at radius 2 is 1.39 bits per heavy atom. The van der Waals surface area contributed by atoms with Gasteiger partial charge in [0.15, 0.2) is 0 Å². The summed E-state index contributed by atoms with van der Waals surface area (Å²) < 4.78 is 6.49. The molecule has 2 aliphatic heterocycles. The maximum atomic E-state index is 13.0. The molecular formula is C40H48N4O2. The average Bonchev–Trinajstić information content (AvgIpc) is 3.11. The van der Waals surface area contributed by atoms with E-state index in [0.29, 0.717) is 18.0 Å². The van der Waals surface area contributed by atoms with Gasteiger partial charge in [0, 0.05) is 63.8 Å². The van der Waals surface area contributed by atoms with Gasteiger partial charge in [-0.15, -0.1) is 0 Å². The van der Waals surface area contributed by atoms with Crippen LogP contribution < -0.4 is 10.1 Å². The number of nitrogens with zero attached hydrogens (tertiary/aromatic N) is 3. The fraction of sp³-hybridized carbons (Fsp3) is 0.375. The van der Waals surface area contributed by atoms with Crippen LogP contribution in [0.3, 0.4) is 0 Å². The van der Waals surface area contributed by atoms with Crippen molar-refractivity contribution in [3.05, 3.63) is 138 Å². The molecule has 2 fully saturated rings. The van der Waals surface area contributed by atoms with E-state index >= 15 is 0 Å². The molecule has 2 aliphatic rings. The highest BCUT2D eigenvalue weighted by molar-refractivity contribution is 5.94. The maximum Gasteiger partial charge on any atom is 0.251 e. The van der Waals surface area contributed by atoms with E-state index in [2.05, 4.69) is 111 Å². The molecule has 2 heterocycles. The van der Waals surface area contributed by atoms with Crippen LogP contribution >= 0.6 is 0 Å². The van der Waals surface area contributed by atoms with E-state index in [-0.39, 0.29) is 12.0 Å². The molecule has 0 aliphatic carbocycles. The van der Waals surface area contributed by atoms with E-state index < -0.39 is 0 Å². The van der Waals surface area contributed by atoms with Crippen molar-refractivity contribution in [3.8, 4) is 5.75 Å². The molecule has 0 saturated carbocycles. The molecule has 6 nitrogen and oxygen atoms in total. The highest BCUT2D eigenvalue weighted by Gasteiger charge is 2.25. The third kappa shape index (κ3) is 9.29. The molecule has 1 atom stereocenters. The summed E-state index contributed by atoms with van der Waals surface area (Å²) in [7, 11) is 0. The lowest BCUT2D eigenvalue weighted by Crippen LogP contribution is -2.46. The van der Waals surface area contributed by atoms with Gasteiger partial charge >= 0.3 is 0 Å². The van der Waals surface area contributed by atoms with Crippen LogP contribution in [0.15, 0.2) is 115 Å². The fourth-order valence-corrected chi connectivity index (χ4v) is 6.83. The zero-order valence-electron chi connectivity index (χ0n) is 27.0. The lowest BCUT2D eigenvalue weighted by Gasteiger charge is -2.35. The second kappa shape index (κ2) is 16.5. The van der Waals surface area contributed by atoms with Crippen LogP contribution in [0.5, 0.6) is 5.75 Å². The zero-order valence-corrected chi connectivity index (χ0v) is 27.0. The number of piperidine rings is 1. The fourth-order valence-electron chi connectivity index (χ4n) is 6.83. The predicted molar refractivity (Wildman–Crippen MR) is 186 cm³/mol. The van der Waals surface area contributed by atoms with Gasteiger partial charge in [-0.1, -0.05) is 97.1 Å². The average molecular weight is 617 g/mol. The van der Waals surface area contributed by atoms with Crippen molar-refractivity contribution in [3.63, 3.8) is 0 Å². The van der Waals surface area contributed by atoms with Gasteiger partial charge in [0.2, 0.25) is 0 Å². The number of likely N-dealkylation sites (tertiary alicyclic amines) is 1. The molecule has 4 aromatic rings. The second-order valence-electron chi connectivity index (χ2n) is 12.8. The van der Waals surface area contributed by atoms with Crippen LogP contribution in [-0.2, 0) is 6.54 Å². The lowest BCUT2D eigenvalue weighted by molar-refractivity contribution is 0.0860. The first-order chi connectivity index (χ1) is 22.7. The summed E-state index contributed by atoms with van der Waals surface area (Å²) in [5, 5.41) is 3.13. The first-order valence-electron chi connectivity index (χ1n) is 17.1. The van der Waals surface area contributed by atoms with Crippen LogP contribution in [0.4, 0.5) is 0 Å². The Hall–Kier alpha value is -3.97. The molecule has 0 bridgehead atoms. The standard InChI is InChI=1S/C40H48N4O2/c45-40(41-22-12-24-42-25-27-43(28-26-42)30-33-13-4-1-5-14-33)36-19-10-20-37(29-36)46-38-21-11-23-44(31-38)32-39(34-15-6-2-7-16-34)35-17-8-3-9-18-35/h1-10,13-20,29,38-39H,11-12,21-28,30-32H2,(H,41,45). The van der Waals surface area contributed by atoms with Gasteiger partial charge in [-0.05, 0) is 67.2 Å². The number of hydrogen-bond donors (Lipinski definition) is 1. The third-order valence-electron chi connectivity index (χ3n) is 9.36. The Morgan fingerprint density at radius 1 is 0.739 bits per heavy atom. The predicted octanol–water partition coefficient (Wildman–Crippen LogP) is 6.30. The van der Waals surface area contributed by atoms with E-state index in [1.807, 2.05) is 24.3 Å². The van der Waals surface area contributed by atoms with Gasteiger partial charge in [-0.2, -0.15) is 0 Å². The van der Waals surface area contributed by atoms with Gasteiger partial charge in [-0.25, -0.2) is 0 Å². The normalized spacial score (nSPS) is 18.0. The monoisotopic (exact) mass is 616 g/mol. The maximum absolute atomic E-state index is 13.0. The molecule has 240 valence electrons. The summed E-state index contributed by atoms with van der Waals surface area (Å²) in [6, 6.07) is 40.0. The van der Waals surface area contributed by atoms with E-state index in [0.717, 1.165) is 83.9 Å². The van der Waals surface area contributed by atoms with Gasteiger partial charge < -0.3 is 15.0 Å². The van der Waals surface area contributed by atoms with Crippen LogP contribution in [0.1, 0.15) is 52.2 Å². The molecule has 1 unspecified atom stereocenters. The van der Waals surface area contributed by atoms with E-state index in [1.165, 1.54) is 16.7 Å². The van der Waals surface area contributed by atoms with Crippen LogP contribution in [0, 0.1) is 0 Å². The van der Waals surface area contributed by atoms with Crippen molar-refractivity contribution in [2.45, 2.75) is 37.8 Å². The largest absolute Gasteiger partial charge is 0.489 e. The van der Waals surface area contributed by atoms with Crippen molar-refractivity contribution in [2.75, 3.05) is 58.9 Å². The number of nitrogens with one attached hydrogen (secondary N) is 1. The Kier molecular flexibility index (Phi) is 11.5. The number of carbonyl (C=O) groups is 1. The quantitative estimate of drug-likeness (QED) is 0.179. The third-order valence-corrected chi connectivity index (χ3v) is 9.36. The summed E-state index contributed by atoms with van der Waals surface area (Å²) in [6.45, 7) is 9.97. The van der Waals surface area contributed by atoms with Crippen molar-refractivity contribution in [1.29, 1.82) is 0 Å². The number of rotatable bonds is 13. The summed E-state index contributed by atoms with van der Waals surface area (Å²) >= 11 is 0. The number of ether oxygens (including phenoxy) is 1. The highest BCUT2D eigenvalue weighted by Crippen LogP contribution is 2.28. The summed E-state index contributed by atoms with van der Waals surface area (Å²) in [5.41, 5.74) is 4.73. The Labute approximate surface area is 275 Å². The molecule has 6 rings (SSSR count). The van der Waals surface area contributed by atoms with Crippen molar-refractivity contribution in [2.24, 2.45) is 0 Å². The van der Waals surface area contributed by atoms with E-state index in [9.17, 15) is 4.79 Å². The highest BCUT2D eigenvalue weighted by atomic mass is 16.5. The Bertz CT molecular complexity index is 1440. The number of piperazine rings is 1. The zero-order chi connectivity index (χ0) is 31.4. The second-order valence-corrected chi connectivity index (χ2v) is 12.8. The van der Waals surface area contributed by atoms with Crippen LogP contribution in [0.2, 0.25) is 0 Å². The summed E-state index contributed by atoms with van der Waals surface area (Å²) in [5.74, 6) is 1.06. The van der Waals surface area contributed by atoms with Gasteiger partial charge in [0.05, 0.1) is 0 Å². The van der Waals surface area contributed by atoms with Gasteiger partial charge in [-0.3, -0.25) is 14.6 Å². The number of benzene rings is 4. The first-order valence-corrected chi connectivity index (χ1v) is 17.1. The minimum absolute atomic E-state index is 0.0306. The Balaban J connectivity index is 0.941. The van der Waals surface area contributed by atoms with Gasteiger partial charge in [0.1, 0.15) is 11.9 Å². The summed E-state index contributed by atoms with van der Waals surface area (Å²) in [6.07, 6.45) is 3.18. The molecule has 4 aromatic carbocycles.